The predicted molar refractivity (Wildman–Crippen MR) is 104 cm³/mol. The van der Waals surface area contributed by atoms with Gasteiger partial charge in [0.2, 0.25) is 11.7 Å². The number of carbonyl (C=O) groups is 1. The number of pyridine rings is 1. The summed E-state index contributed by atoms with van der Waals surface area (Å²) in [5.74, 6) is 1.13. The van der Waals surface area contributed by atoms with Crippen molar-refractivity contribution in [3.63, 3.8) is 0 Å². The fraction of sp³-hybridized carbons (Fsp3) is 0.500. The highest BCUT2D eigenvalue weighted by Gasteiger charge is 2.17. The van der Waals surface area contributed by atoms with E-state index in [-0.39, 0.29) is 18.1 Å². The molecule has 3 rings (SSSR count). The van der Waals surface area contributed by atoms with Gasteiger partial charge in [-0.05, 0) is 34.7 Å². The van der Waals surface area contributed by atoms with Crippen molar-refractivity contribution in [2.24, 2.45) is 0 Å². The molecule has 0 aliphatic carbocycles. The van der Waals surface area contributed by atoms with E-state index in [0.29, 0.717) is 18.9 Å². The molecule has 0 radical (unpaired) electrons. The van der Waals surface area contributed by atoms with Crippen LogP contribution in [0.1, 0.15) is 17.8 Å². The minimum atomic E-state index is -0.537. The lowest BCUT2D eigenvalue weighted by atomic mass is 10.2. The molecule has 1 fully saturated rings. The Hall–Kier alpha value is -3.01. The van der Waals surface area contributed by atoms with Crippen molar-refractivity contribution in [1.29, 1.82) is 0 Å². The third-order valence-corrected chi connectivity index (χ3v) is 4.86. The average Bonchev–Trinajstić information content (AvgIpc) is 3.06. The SMILES string of the molecule is Cc1nc([N+](=O)[O-])cn1CCC(=O)NCc1ccnc(N2CCN(C)CC2)c1. The first-order valence-corrected chi connectivity index (χ1v) is 9.25. The van der Waals surface area contributed by atoms with Crippen molar-refractivity contribution in [2.45, 2.75) is 26.4 Å². The minimum absolute atomic E-state index is 0.117. The van der Waals surface area contributed by atoms with Crippen LogP contribution < -0.4 is 10.2 Å². The van der Waals surface area contributed by atoms with Crippen molar-refractivity contribution in [3.8, 4) is 0 Å². The number of nitrogens with one attached hydrogen (secondary N) is 1. The van der Waals surface area contributed by atoms with Crippen molar-refractivity contribution in [3.05, 3.63) is 46.0 Å². The molecule has 0 spiro atoms. The van der Waals surface area contributed by atoms with E-state index in [2.05, 4.69) is 32.1 Å². The fourth-order valence-corrected chi connectivity index (χ4v) is 3.10. The summed E-state index contributed by atoms with van der Waals surface area (Å²) in [6.07, 6.45) is 3.35. The molecule has 0 atom stereocenters. The van der Waals surface area contributed by atoms with E-state index >= 15 is 0 Å². The van der Waals surface area contributed by atoms with Crippen LogP contribution in [-0.2, 0) is 17.9 Å². The van der Waals surface area contributed by atoms with Gasteiger partial charge in [0, 0.05) is 58.8 Å². The van der Waals surface area contributed by atoms with Crippen molar-refractivity contribution >= 4 is 17.5 Å². The zero-order valence-electron chi connectivity index (χ0n) is 16.2. The van der Waals surface area contributed by atoms with Crippen LogP contribution in [0.4, 0.5) is 11.6 Å². The smallest absolute Gasteiger partial charge is 0.358 e. The summed E-state index contributed by atoms with van der Waals surface area (Å²) in [4.78, 5) is 35.2. The normalized spacial score (nSPS) is 14.9. The van der Waals surface area contributed by atoms with Crippen molar-refractivity contribution in [1.82, 2.24) is 24.8 Å². The first kappa shape index (κ1) is 19.7. The molecule has 0 saturated carbocycles. The number of rotatable bonds is 7. The summed E-state index contributed by atoms with van der Waals surface area (Å²) < 4.78 is 1.62. The molecular weight excluding hydrogens is 362 g/mol. The number of aryl methyl sites for hydroxylation is 2. The molecule has 150 valence electrons. The molecule has 1 saturated heterocycles. The number of carbonyl (C=O) groups excluding carboxylic acids is 1. The summed E-state index contributed by atoms with van der Waals surface area (Å²) in [6.45, 7) is 6.35. The largest absolute Gasteiger partial charge is 0.381 e. The summed E-state index contributed by atoms with van der Waals surface area (Å²) in [5.41, 5.74) is 0.992. The standard InChI is InChI=1S/C18H25N7O3/c1-14-21-17(25(27)28)13-24(14)6-4-18(26)20-12-15-3-5-19-16(11-15)23-9-7-22(2)8-10-23/h3,5,11,13H,4,6-10,12H2,1-2H3,(H,20,26). The Balaban J connectivity index is 1.49. The van der Waals surface area contributed by atoms with E-state index in [1.807, 2.05) is 12.1 Å². The van der Waals surface area contributed by atoms with Gasteiger partial charge in [-0.15, -0.1) is 0 Å². The Kier molecular flexibility index (Phi) is 6.19. The second-order valence-corrected chi connectivity index (χ2v) is 6.94. The zero-order chi connectivity index (χ0) is 20.1. The summed E-state index contributed by atoms with van der Waals surface area (Å²) >= 11 is 0. The second kappa shape index (κ2) is 8.79. The highest BCUT2D eigenvalue weighted by atomic mass is 16.6. The van der Waals surface area contributed by atoms with E-state index in [0.717, 1.165) is 37.6 Å². The monoisotopic (exact) mass is 387 g/mol. The van der Waals surface area contributed by atoms with Crippen LogP contribution in [0.2, 0.25) is 0 Å². The molecule has 0 unspecified atom stereocenters. The number of hydrogen-bond acceptors (Lipinski definition) is 7. The number of anilines is 1. The van der Waals surface area contributed by atoms with Gasteiger partial charge in [0.25, 0.3) is 0 Å². The Labute approximate surface area is 163 Å². The molecular formula is C18H25N7O3. The van der Waals surface area contributed by atoms with Gasteiger partial charge in [-0.3, -0.25) is 4.79 Å². The van der Waals surface area contributed by atoms with Gasteiger partial charge < -0.3 is 29.8 Å². The maximum Gasteiger partial charge on any atom is 0.381 e. The van der Waals surface area contributed by atoms with Crippen LogP contribution in [0.15, 0.2) is 24.5 Å². The molecule has 2 aromatic rings. The Morgan fingerprint density at radius 1 is 1.32 bits per heavy atom. The molecule has 1 amide bonds. The van der Waals surface area contributed by atoms with Gasteiger partial charge in [-0.25, -0.2) is 4.98 Å². The molecule has 10 heteroatoms. The van der Waals surface area contributed by atoms with Crippen LogP contribution in [0.3, 0.4) is 0 Å². The Bertz CT molecular complexity index is 843. The van der Waals surface area contributed by atoms with Gasteiger partial charge in [0.05, 0.1) is 0 Å². The quantitative estimate of drug-likeness (QED) is 0.556. The van der Waals surface area contributed by atoms with Crippen LogP contribution in [0.5, 0.6) is 0 Å². The van der Waals surface area contributed by atoms with Gasteiger partial charge in [-0.2, -0.15) is 0 Å². The number of likely N-dealkylation sites (N-methyl/N-ethyl adjacent to an activating group) is 1. The number of imidazole rings is 1. The van der Waals surface area contributed by atoms with Crippen LogP contribution in [0.25, 0.3) is 0 Å². The molecule has 0 aromatic carbocycles. The number of nitrogens with zero attached hydrogens (tertiary/aromatic N) is 6. The molecule has 28 heavy (non-hydrogen) atoms. The second-order valence-electron chi connectivity index (χ2n) is 6.94. The molecule has 1 N–H and O–H groups in total. The average molecular weight is 387 g/mol. The predicted octanol–water partition coefficient (Wildman–Crippen LogP) is 0.953. The van der Waals surface area contributed by atoms with E-state index in [4.69, 9.17) is 0 Å². The first-order valence-electron chi connectivity index (χ1n) is 9.25. The lowest BCUT2D eigenvalue weighted by Crippen LogP contribution is -2.44. The zero-order valence-corrected chi connectivity index (χ0v) is 16.2. The molecule has 1 aliphatic rings. The minimum Gasteiger partial charge on any atom is -0.358 e. The van der Waals surface area contributed by atoms with Crippen LogP contribution in [0, 0.1) is 17.0 Å². The van der Waals surface area contributed by atoms with E-state index < -0.39 is 4.92 Å². The number of piperazine rings is 1. The van der Waals surface area contributed by atoms with E-state index in [9.17, 15) is 14.9 Å². The van der Waals surface area contributed by atoms with Crippen LogP contribution >= 0.6 is 0 Å². The molecule has 3 heterocycles. The van der Waals surface area contributed by atoms with Gasteiger partial charge in [0.15, 0.2) is 0 Å². The third kappa shape index (κ3) is 5.03. The molecule has 10 nitrogen and oxygen atoms in total. The van der Waals surface area contributed by atoms with E-state index in [1.165, 1.54) is 6.20 Å². The highest BCUT2D eigenvalue weighted by Crippen LogP contribution is 2.15. The number of aromatic nitrogens is 3. The van der Waals surface area contributed by atoms with Gasteiger partial charge in [0.1, 0.15) is 12.0 Å². The van der Waals surface area contributed by atoms with Crippen molar-refractivity contribution < 1.29 is 9.72 Å². The number of hydrogen-bond donors (Lipinski definition) is 1. The molecule has 1 aliphatic heterocycles. The first-order chi connectivity index (χ1) is 13.4. The molecule has 2 aromatic heterocycles. The van der Waals surface area contributed by atoms with Crippen LogP contribution in [-0.4, -0.2) is 63.5 Å². The highest BCUT2D eigenvalue weighted by molar-refractivity contribution is 5.75. The van der Waals surface area contributed by atoms with Gasteiger partial charge in [-0.1, -0.05) is 0 Å². The third-order valence-electron chi connectivity index (χ3n) is 4.86. The summed E-state index contributed by atoms with van der Waals surface area (Å²) in [7, 11) is 2.11. The Morgan fingerprint density at radius 2 is 2.07 bits per heavy atom. The van der Waals surface area contributed by atoms with Gasteiger partial charge >= 0.3 is 5.82 Å². The topological polar surface area (TPSA) is 109 Å². The maximum absolute atomic E-state index is 12.2. The maximum atomic E-state index is 12.2. The lowest BCUT2D eigenvalue weighted by molar-refractivity contribution is -0.389. The van der Waals surface area contributed by atoms with E-state index in [1.54, 1.807) is 17.7 Å². The number of amides is 1. The lowest BCUT2D eigenvalue weighted by Gasteiger charge is -2.33. The fourth-order valence-electron chi connectivity index (χ4n) is 3.10. The summed E-state index contributed by atoms with van der Waals surface area (Å²) in [6, 6.07) is 3.90. The van der Waals surface area contributed by atoms with Crippen molar-refractivity contribution in [2.75, 3.05) is 38.1 Å². The number of nitro groups is 1. The Morgan fingerprint density at radius 3 is 2.75 bits per heavy atom. The summed E-state index contributed by atoms with van der Waals surface area (Å²) in [5, 5.41) is 13.7. The molecule has 0 bridgehead atoms.